The van der Waals surface area contributed by atoms with Crippen molar-refractivity contribution in [2.75, 3.05) is 13.7 Å². The fraction of sp³-hybridized carbons (Fsp3) is 0.300. The number of hydrogen-bond donors (Lipinski definition) is 1. The van der Waals surface area contributed by atoms with Crippen LogP contribution in [0.25, 0.3) is 0 Å². The van der Waals surface area contributed by atoms with Gasteiger partial charge in [-0.2, -0.15) is 0 Å². The van der Waals surface area contributed by atoms with Crippen LogP contribution in [0.2, 0.25) is 0 Å². The molecule has 14 heavy (non-hydrogen) atoms. The highest BCUT2D eigenvalue weighted by Crippen LogP contribution is 2.25. The van der Waals surface area contributed by atoms with Gasteiger partial charge in [-0.25, -0.2) is 0 Å². The summed E-state index contributed by atoms with van der Waals surface area (Å²) in [5.74, 6) is 0.896. The Kier molecular flexibility index (Phi) is 3.79. The Balaban J connectivity index is 2.53. The number of amides is 1. The highest BCUT2D eigenvalue weighted by Gasteiger charge is 2.02. The zero-order chi connectivity index (χ0) is 10.4. The van der Waals surface area contributed by atoms with E-state index >= 15 is 0 Å². The van der Waals surface area contributed by atoms with Crippen LogP contribution in [0.15, 0.2) is 24.3 Å². The van der Waals surface area contributed by atoms with Gasteiger partial charge in [0, 0.05) is 0 Å². The Labute approximate surface area is 82.6 Å². The lowest BCUT2D eigenvalue weighted by Gasteiger charge is -2.08. The second-order valence-electron chi connectivity index (χ2n) is 2.72. The van der Waals surface area contributed by atoms with Crippen molar-refractivity contribution in [3.8, 4) is 11.5 Å². The highest BCUT2D eigenvalue weighted by atomic mass is 16.5. The molecule has 1 aromatic carbocycles. The summed E-state index contributed by atoms with van der Waals surface area (Å²) in [4.78, 5) is 10.5. The van der Waals surface area contributed by atoms with Crippen molar-refractivity contribution in [1.82, 2.24) is 0 Å². The molecule has 0 aliphatic heterocycles. The summed E-state index contributed by atoms with van der Waals surface area (Å²) in [6, 6.07) is 7.25. The van der Waals surface area contributed by atoms with Crippen LogP contribution < -0.4 is 15.2 Å². The van der Waals surface area contributed by atoms with Crippen molar-refractivity contribution in [1.29, 1.82) is 0 Å². The van der Waals surface area contributed by atoms with Gasteiger partial charge < -0.3 is 15.2 Å². The van der Waals surface area contributed by atoms with Gasteiger partial charge in [0.2, 0.25) is 5.91 Å². The third-order valence-electron chi connectivity index (χ3n) is 1.68. The van der Waals surface area contributed by atoms with E-state index in [0.29, 0.717) is 11.5 Å². The standard InChI is InChI=1S/C10H13NO3/c1-13-8-4-2-3-5-9(8)14-7-6-10(11)12/h2-5H,6-7H2,1H3,(H2,11,12). The minimum absolute atomic E-state index is 0.206. The van der Waals surface area contributed by atoms with Crippen LogP contribution in [-0.2, 0) is 4.79 Å². The number of benzene rings is 1. The lowest BCUT2D eigenvalue weighted by atomic mass is 10.3. The summed E-state index contributed by atoms with van der Waals surface area (Å²) in [5, 5.41) is 0. The molecule has 1 rings (SSSR count). The summed E-state index contributed by atoms with van der Waals surface area (Å²) < 4.78 is 10.4. The SMILES string of the molecule is COc1ccccc1OCCC(N)=O. The molecular weight excluding hydrogens is 182 g/mol. The Hall–Kier alpha value is -1.71. The third kappa shape index (κ3) is 2.97. The van der Waals surface area contributed by atoms with Gasteiger partial charge in [0.1, 0.15) is 0 Å². The first-order valence-corrected chi connectivity index (χ1v) is 4.28. The Bertz CT molecular complexity index is 312. The Morgan fingerprint density at radius 2 is 2.00 bits per heavy atom. The molecule has 4 heteroatoms. The molecule has 0 saturated carbocycles. The third-order valence-corrected chi connectivity index (χ3v) is 1.68. The first kappa shape index (κ1) is 10.4. The lowest BCUT2D eigenvalue weighted by molar-refractivity contribution is -0.118. The predicted octanol–water partition coefficient (Wildman–Crippen LogP) is 0.949. The van der Waals surface area contributed by atoms with E-state index in [1.807, 2.05) is 12.1 Å². The number of primary amides is 1. The van der Waals surface area contributed by atoms with Gasteiger partial charge in [-0.1, -0.05) is 12.1 Å². The van der Waals surface area contributed by atoms with Gasteiger partial charge in [0.05, 0.1) is 20.1 Å². The molecule has 0 fully saturated rings. The van der Waals surface area contributed by atoms with E-state index in [1.165, 1.54) is 0 Å². The van der Waals surface area contributed by atoms with Crippen molar-refractivity contribution in [3.63, 3.8) is 0 Å². The van der Waals surface area contributed by atoms with E-state index in [1.54, 1.807) is 19.2 Å². The molecular formula is C10H13NO3. The number of para-hydroxylation sites is 2. The summed E-state index contributed by atoms with van der Waals surface area (Å²) in [5.41, 5.74) is 4.98. The Morgan fingerprint density at radius 3 is 2.57 bits per heavy atom. The molecule has 0 aliphatic carbocycles. The van der Waals surface area contributed by atoms with Crippen molar-refractivity contribution < 1.29 is 14.3 Å². The molecule has 76 valence electrons. The zero-order valence-electron chi connectivity index (χ0n) is 8.03. The van der Waals surface area contributed by atoms with E-state index < -0.39 is 0 Å². The van der Waals surface area contributed by atoms with Crippen molar-refractivity contribution in [2.45, 2.75) is 6.42 Å². The molecule has 1 amide bonds. The van der Waals surface area contributed by atoms with Gasteiger partial charge in [0.15, 0.2) is 11.5 Å². The van der Waals surface area contributed by atoms with Crippen LogP contribution in [0, 0.1) is 0 Å². The molecule has 1 aromatic rings. The predicted molar refractivity (Wildman–Crippen MR) is 52.3 cm³/mol. The largest absolute Gasteiger partial charge is 0.493 e. The highest BCUT2D eigenvalue weighted by molar-refractivity contribution is 5.73. The minimum atomic E-state index is -0.375. The van der Waals surface area contributed by atoms with Gasteiger partial charge >= 0.3 is 0 Å². The number of nitrogens with two attached hydrogens (primary N) is 1. The maximum Gasteiger partial charge on any atom is 0.220 e. The topological polar surface area (TPSA) is 61.6 Å². The normalized spacial score (nSPS) is 9.50. The first-order chi connectivity index (χ1) is 6.74. The minimum Gasteiger partial charge on any atom is -0.493 e. The van der Waals surface area contributed by atoms with Gasteiger partial charge in [-0.3, -0.25) is 4.79 Å². The summed E-state index contributed by atoms with van der Waals surface area (Å²) >= 11 is 0. The maximum atomic E-state index is 10.5. The smallest absolute Gasteiger partial charge is 0.220 e. The van der Waals surface area contributed by atoms with Gasteiger partial charge in [-0.15, -0.1) is 0 Å². The van der Waals surface area contributed by atoms with E-state index in [9.17, 15) is 4.79 Å². The van der Waals surface area contributed by atoms with Gasteiger partial charge in [0.25, 0.3) is 0 Å². The first-order valence-electron chi connectivity index (χ1n) is 4.28. The second kappa shape index (κ2) is 5.11. The van der Waals surface area contributed by atoms with Crippen LogP contribution >= 0.6 is 0 Å². The average molecular weight is 195 g/mol. The fourth-order valence-electron chi connectivity index (χ4n) is 1.000. The summed E-state index contributed by atoms with van der Waals surface area (Å²) in [6.45, 7) is 0.274. The number of carbonyl (C=O) groups excluding carboxylic acids is 1. The van der Waals surface area contributed by atoms with Crippen LogP contribution in [0.1, 0.15) is 6.42 Å². The number of ether oxygens (including phenoxy) is 2. The van der Waals surface area contributed by atoms with E-state index in [-0.39, 0.29) is 18.9 Å². The monoisotopic (exact) mass is 195 g/mol. The van der Waals surface area contributed by atoms with Crippen LogP contribution in [-0.4, -0.2) is 19.6 Å². The van der Waals surface area contributed by atoms with Crippen molar-refractivity contribution in [2.24, 2.45) is 5.73 Å². The number of carbonyl (C=O) groups is 1. The molecule has 0 aromatic heterocycles. The van der Waals surface area contributed by atoms with E-state index in [2.05, 4.69) is 0 Å². The molecule has 2 N–H and O–H groups in total. The number of hydrogen-bond acceptors (Lipinski definition) is 3. The molecule has 0 aliphatic rings. The summed E-state index contributed by atoms with van der Waals surface area (Å²) in [7, 11) is 1.57. The average Bonchev–Trinajstić information content (AvgIpc) is 2.18. The van der Waals surface area contributed by atoms with Crippen LogP contribution in [0.4, 0.5) is 0 Å². The van der Waals surface area contributed by atoms with E-state index in [4.69, 9.17) is 15.2 Å². The molecule has 0 heterocycles. The van der Waals surface area contributed by atoms with Gasteiger partial charge in [-0.05, 0) is 12.1 Å². The molecule has 0 unspecified atom stereocenters. The Morgan fingerprint density at radius 1 is 1.36 bits per heavy atom. The lowest BCUT2D eigenvalue weighted by Crippen LogP contribution is -2.14. The maximum absolute atomic E-state index is 10.5. The molecule has 0 bridgehead atoms. The zero-order valence-corrected chi connectivity index (χ0v) is 8.03. The molecule has 4 nitrogen and oxygen atoms in total. The summed E-state index contributed by atoms with van der Waals surface area (Å²) in [6.07, 6.45) is 0.206. The molecule has 0 atom stereocenters. The quantitative estimate of drug-likeness (QED) is 0.760. The van der Waals surface area contributed by atoms with Crippen molar-refractivity contribution >= 4 is 5.91 Å². The number of methoxy groups -OCH3 is 1. The molecule has 0 spiro atoms. The van der Waals surface area contributed by atoms with E-state index in [0.717, 1.165) is 0 Å². The molecule has 0 radical (unpaired) electrons. The number of rotatable bonds is 5. The second-order valence-corrected chi connectivity index (χ2v) is 2.72. The molecule has 0 saturated heterocycles. The van der Waals surface area contributed by atoms with Crippen LogP contribution in [0.3, 0.4) is 0 Å². The van der Waals surface area contributed by atoms with Crippen LogP contribution in [0.5, 0.6) is 11.5 Å². The fourth-order valence-corrected chi connectivity index (χ4v) is 1.000. The van der Waals surface area contributed by atoms with Crippen molar-refractivity contribution in [3.05, 3.63) is 24.3 Å².